The first-order valence-electron chi connectivity index (χ1n) is 8.27. The van der Waals surface area contributed by atoms with Crippen LogP contribution in [0, 0.1) is 0 Å². The van der Waals surface area contributed by atoms with Gasteiger partial charge in [0.25, 0.3) is 0 Å². The van der Waals surface area contributed by atoms with Crippen molar-refractivity contribution in [1.82, 2.24) is 0 Å². The van der Waals surface area contributed by atoms with Crippen LogP contribution >= 0.6 is 0 Å². The third-order valence-electron chi connectivity index (χ3n) is 3.60. The van der Waals surface area contributed by atoms with Gasteiger partial charge in [0.05, 0.1) is 0 Å². The van der Waals surface area contributed by atoms with Crippen molar-refractivity contribution in [3.8, 4) is 0 Å². The van der Waals surface area contributed by atoms with Gasteiger partial charge in [0, 0.05) is 0 Å². The van der Waals surface area contributed by atoms with Gasteiger partial charge in [-0.15, -0.1) is 0 Å². The van der Waals surface area contributed by atoms with Gasteiger partial charge in [-0.05, 0) is 15.6 Å². The number of benzene rings is 3. The molecular weight excluding hydrogens is 377 g/mol. The first-order chi connectivity index (χ1) is 12.4. The second kappa shape index (κ2) is 10.4. The first kappa shape index (κ1) is 18.2. The summed E-state index contributed by atoms with van der Waals surface area (Å²) < 4.78 is 18.4. The molecule has 0 heterocycles. The standard InChI is InChI=1S/C18H21O3Si4/c1-4-10-16(11-5-1)22-19-25(20-23-17-12-6-2-7-13-17)21-24-18-14-8-3-9-15-18/h1-15H,22-24H2. The van der Waals surface area contributed by atoms with Gasteiger partial charge in [0.2, 0.25) is 0 Å². The molecule has 0 saturated carbocycles. The third kappa shape index (κ3) is 6.67. The van der Waals surface area contributed by atoms with Crippen molar-refractivity contribution in [3.05, 3.63) is 91.0 Å². The average molecular weight is 398 g/mol. The Balaban J connectivity index is 1.56. The van der Waals surface area contributed by atoms with Gasteiger partial charge in [0.15, 0.2) is 29.3 Å². The molecule has 7 heteroatoms. The number of hydrogen-bond acceptors (Lipinski definition) is 3. The van der Waals surface area contributed by atoms with Crippen LogP contribution in [0.4, 0.5) is 0 Å². The van der Waals surface area contributed by atoms with Crippen molar-refractivity contribution >= 4 is 54.4 Å². The fraction of sp³-hybridized carbons (Fsp3) is 0. The van der Waals surface area contributed by atoms with E-state index in [1.54, 1.807) is 0 Å². The second-order valence-electron chi connectivity index (χ2n) is 5.57. The van der Waals surface area contributed by atoms with Crippen LogP contribution in [-0.2, 0) is 12.3 Å². The van der Waals surface area contributed by atoms with E-state index in [2.05, 4.69) is 72.8 Å². The molecule has 0 aliphatic rings. The Morgan fingerprint density at radius 2 is 0.720 bits per heavy atom. The molecule has 3 nitrogen and oxygen atoms in total. The lowest BCUT2D eigenvalue weighted by Gasteiger charge is -2.16. The summed E-state index contributed by atoms with van der Waals surface area (Å²) in [6.07, 6.45) is 0. The third-order valence-corrected chi connectivity index (χ3v) is 10.6. The lowest BCUT2D eigenvalue weighted by atomic mass is 10.4. The van der Waals surface area contributed by atoms with Gasteiger partial charge in [-0.25, -0.2) is 0 Å². The Morgan fingerprint density at radius 1 is 0.440 bits per heavy atom. The molecule has 0 spiro atoms. The van der Waals surface area contributed by atoms with E-state index in [1.807, 2.05) is 18.2 Å². The molecule has 0 fully saturated rings. The van der Waals surface area contributed by atoms with Gasteiger partial charge in [-0.2, -0.15) is 0 Å². The molecule has 3 aromatic rings. The fourth-order valence-corrected chi connectivity index (χ4v) is 10.3. The van der Waals surface area contributed by atoms with Crippen molar-refractivity contribution in [2.24, 2.45) is 0 Å². The van der Waals surface area contributed by atoms with E-state index in [9.17, 15) is 0 Å². The zero-order chi connectivity index (χ0) is 17.2. The molecule has 1 radical (unpaired) electrons. The fourth-order valence-electron chi connectivity index (χ4n) is 2.27. The normalized spacial score (nSPS) is 12.4. The summed E-state index contributed by atoms with van der Waals surface area (Å²) in [5, 5.41) is 3.83. The van der Waals surface area contributed by atoms with E-state index in [0.717, 1.165) is 0 Å². The van der Waals surface area contributed by atoms with E-state index in [4.69, 9.17) is 12.3 Å². The lowest BCUT2D eigenvalue weighted by Crippen LogP contribution is -2.39. The molecule has 0 N–H and O–H groups in total. The molecule has 0 aliphatic heterocycles. The van der Waals surface area contributed by atoms with Crippen molar-refractivity contribution < 1.29 is 12.3 Å². The maximum atomic E-state index is 6.14. The first-order valence-corrected chi connectivity index (χ1v) is 13.3. The maximum absolute atomic E-state index is 6.14. The highest BCUT2D eigenvalue weighted by atomic mass is 28.4. The van der Waals surface area contributed by atoms with E-state index >= 15 is 0 Å². The minimum Gasteiger partial charge on any atom is -0.415 e. The summed E-state index contributed by atoms with van der Waals surface area (Å²) in [7, 11) is -4.11. The van der Waals surface area contributed by atoms with Gasteiger partial charge < -0.3 is 12.3 Å². The molecule has 25 heavy (non-hydrogen) atoms. The summed E-state index contributed by atoms with van der Waals surface area (Å²) in [5.74, 6) is 0. The number of hydrogen-bond donors (Lipinski definition) is 0. The smallest absolute Gasteiger partial charge is 0.415 e. The predicted molar refractivity (Wildman–Crippen MR) is 113 cm³/mol. The van der Waals surface area contributed by atoms with Crippen LogP contribution in [0.1, 0.15) is 0 Å². The zero-order valence-electron chi connectivity index (χ0n) is 14.0. The van der Waals surface area contributed by atoms with E-state index in [0.29, 0.717) is 0 Å². The SMILES string of the molecule is c1ccc([SiH2]O[Si](O[SiH2]c2ccccc2)O[SiH2]c2ccccc2)cc1. The summed E-state index contributed by atoms with van der Waals surface area (Å²) >= 11 is 0. The summed E-state index contributed by atoms with van der Waals surface area (Å²) in [4.78, 5) is 0. The van der Waals surface area contributed by atoms with Crippen LogP contribution in [0.2, 0.25) is 0 Å². The molecule has 3 aromatic carbocycles. The molecule has 0 bridgehead atoms. The lowest BCUT2D eigenvalue weighted by molar-refractivity contribution is 0.337. The number of rotatable bonds is 9. The summed E-state index contributed by atoms with van der Waals surface area (Å²) in [5.41, 5.74) is 0. The Hall–Kier alpha value is -1.59. The molecule has 127 valence electrons. The van der Waals surface area contributed by atoms with E-state index in [-0.39, 0.29) is 0 Å². The Morgan fingerprint density at radius 3 is 1.00 bits per heavy atom. The molecule has 0 unspecified atom stereocenters. The van der Waals surface area contributed by atoms with Crippen LogP contribution in [-0.4, -0.2) is 38.8 Å². The molecule has 0 atom stereocenters. The maximum Gasteiger partial charge on any atom is 0.543 e. The van der Waals surface area contributed by atoms with Crippen LogP contribution in [0.25, 0.3) is 0 Å². The highest BCUT2D eigenvalue weighted by Crippen LogP contribution is 1.93. The molecule has 0 amide bonds. The van der Waals surface area contributed by atoms with Crippen LogP contribution in [0.15, 0.2) is 91.0 Å². The van der Waals surface area contributed by atoms with Crippen LogP contribution in [0.5, 0.6) is 0 Å². The quantitative estimate of drug-likeness (QED) is 0.445. The van der Waals surface area contributed by atoms with Crippen LogP contribution in [0.3, 0.4) is 0 Å². The minimum absolute atomic E-state index is 0.819. The van der Waals surface area contributed by atoms with Crippen molar-refractivity contribution in [2.45, 2.75) is 0 Å². The largest absolute Gasteiger partial charge is 0.543 e. The van der Waals surface area contributed by atoms with E-state index < -0.39 is 38.8 Å². The van der Waals surface area contributed by atoms with Gasteiger partial charge in [-0.1, -0.05) is 91.0 Å². The Kier molecular flexibility index (Phi) is 7.58. The Bertz CT molecular complexity index is 626. The summed E-state index contributed by atoms with van der Waals surface area (Å²) in [6.45, 7) is 0. The van der Waals surface area contributed by atoms with Crippen molar-refractivity contribution in [1.29, 1.82) is 0 Å². The van der Waals surface area contributed by atoms with Gasteiger partial charge in [0.1, 0.15) is 0 Å². The molecule has 0 saturated heterocycles. The monoisotopic (exact) mass is 397 g/mol. The Labute approximate surface area is 157 Å². The molecule has 0 aromatic heterocycles. The highest BCUT2D eigenvalue weighted by molar-refractivity contribution is 6.66. The average Bonchev–Trinajstić information content (AvgIpc) is 2.70. The van der Waals surface area contributed by atoms with Gasteiger partial charge >= 0.3 is 9.53 Å². The summed E-state index contributed by atoms with van der Waals surface area (Å²) in [6, 6.07) is 31.1. The predicted octanol–water partition coefficient (Wildman–Crippen LogP) is -0.751. The van der Waals surface area contributed by atoms with E-state index in [1.165, 1.54) is 15.6 Å². The highest BCUT2D eigenvalue weighted by Gasteiger charge is 2.19. The molecular formula is C18H21O3Si4. The topological polar surface area (TPSA) is 27.7 Å². The van der Waals surface area contributed by atoms with Gasteiger partial charge in [-0.3, -0.25) is 0 Å². The zero-order valence-corrected chi connectivity index (χ0v) is 19.2. The minimum atomic E-state index is -1.65. The molecule has 3 rings (SSSR count). The van der Waals surface area contributed by atoms with Crippen LogP contribution < -0.4 is 15.6 Å². The van der Waals surface area contributed by atoms with Crippen molar-refractivity contribution in [2.75, 3.05) is 0 Å². The molecule has 0 aliphatic carbocycles. The van der Waals surface area contributed by atoms with Crippen molar-refractivity contribution in [3.63, 3.8) is 0 Å². The second-order valence-corrected chi connectivity index (χ2v) is 12.9.